The van der Waals surface area contributed by atoms with Crippen LogP contribution in [0.1, 0.15) is 32.6 Å². The summed E-state index contributed by atoms with van der Waals surface area (Å²) in [5.74, 6) is 0.282. The lowest BCUT2D eigenvalue weighted by Gasteiger charge is -2.22. The van der Waals surface area contributed by atoms with E-state index in [1.807, 2.05) is 19.1 Å². The number of nitrogens with zero attached hydrogens (tertiary/aromatic N) is 2. The zero-order valence-electron chi connectivity index (χ0n) is 14.7. The molecule has 2 aromatic rings. The van der Waals surface area contributed by atoms with Crippen molar-refractivity contribution in [2.75, 3.05) is 18.1 Å². The topological polar surface area (TPSA) is 42.4 Å². The van der Waals surface area contributed by atoms with E-state index >= 15 is 0 Å². The van der Waals surface area contributed by atoms with Gasteiger partial charge in [-0.15, -0.1) is 0 Å². The standard InChI is InChI=1S/C18H19BrF3IN2O2/c1-2-3-7-27-17(26)25(6-4-5-18(20,21)22)16-10-12-9-15(23)14(19)8-13(12)11-24-16/h8-11H,2-7H2,1H3. The van der Waals surface area contributed by atoms with E-state index in [0.29, 0.717) is 6.42 Å². The van der Waals surface area contributed by atoms with Gasteiger partial charge >= 0.3 is 12.3 Å². The molecule has 1 aromatic carbocycles. The van der Waals surface area contributed by atoms with E-state index in [2.05, 4.69) is 43.5 Å². The van der Waals surface area contributed by atoms with Crippen molar-refractivity contribution in [3.63, 3.8) is 0 Å². The highest BCUT2D eigenvalue weighted by Crippen LogP contribution is 2.28. The molecule has 9 heteroatoms. The highest BCUT2D eigenvalue weighted by Gasteiger charge is 2.28. The maximum atomic E-state index is 12.5. The van der Waals surface area contributed by atoms with Crippen LogP contribution in [0.3, 0.4) is 0 Å². The number of halogens is 5. The molecule has 148 valence electrons. The summed E-state index contributed by atoms with van der Waals surface area (Å²) in [5.41, 5.74) is 0. The first-order chi connectivity index (χ1) is 12.7. The Labute approximate surface area is 177 Å². The largest absolute Gasteiger partial charge is 0.449 e. The quantitative estimate of drug-likeness (QED) is 0.281. The smallest absolute Gasteiger partial charge is 0.415 e. The van der Waals surface area contributed by atoms with E-state index in [0.717, 1.165) is 25.2 Å². The summed E-state index contributed by atoms with van der Waals surface area (Å²) in [4.78, 5) is 17.8. The van der Waals surface area contributed by atoms with Gasteiger partial charge in [0.1, 0.15) is 5.82 Å². The molecular weight excluding hydrogens is 540 g/mol. The molecule has 0 atom stereocenters. The van der Waals surface area contributed by atoms with Crippen LogP contribution in [0.15, 0.2) is 28.9 Å². The summed E-state index contributed by atoms with van der Waals surface area (Å²) < 4.78 is 44.6. The Bertz CT molecular complexity index is 802. The highest BCUT2D eigenvalue weighted by atomic mass is 127. The maximum absolute atomic E-state index is 12.5. The summed E-state index contributed by atoms with van der Waals surface area (Å²) in [6.45, 7) is 2.07. The molecule has 0 radical (unpaired) electrons. The number of alkyl halides is 3. The highest BCUT2D eigenvalue weighted by molar-refractivity contribution is 14.1. The first-order valence-electron chi connectivity index (χ1n) is 8.47. The van der Waals surface area contributed by atoms with Gasteiger partial charge in [-0.3, -0.25) is 4.90 Å². The fourth-order valence-electron chi connectivity index (χ4n) is 2.39. The van der Waals surface area contributed by atoms with Crippen molar-refractivity contribution in [3.8, 4) is 0 Å². The van der Waals surface area contributed by atoms with E-state index in [9.17, 15) is 18.0 Å². The SMILES string of the molecule is CCCCOC(=O)N(CCCC(F)(F)F)c1cc2cc(I)c(Br)cc2cn1. The third-order valence-corrected chi connectivity index (χ3v) is 6.10. The Hall–Kier alpha value is -1.10. The fourth-order valence-corrected chi connectivity index (χ4v) is 3.25. The molecule has 0 aliphatic rings. The number of aromatic nitrogens is 1. The summed E-state index contributed by atoms with van der Waals surface area (Å²) in [7, 11) is 0. The Morgan fingerprint density at radius 1 is 1.26 bits per heavy atom. The molecule has 0 bridgehead atoms. The average Bonchev–Trinajstić information content (AvgIpc) is 2.58. The van der Waals surface area contributed by atoms with E-state index in [1.165, 1.54) is 4.90 Å². The Kier molecular flexibility index (Phi) is 8.14. The van der Waals surface area contributed by atoms with Gasteiger partial charge in [0.15, 0.2) is 0 Å². The number of anilines is 1. The average molecular weight is 559 g/mol. The minimum Gasteiger partial charge on any atom is -0.449 e. The molecule has 4 nitrogen and oxygen atoms in total. The van der Waals surface area contributed by atoms with Gasteiger partial charge < -0.3 is 4.74 Å². The Morgan fingerprint density at radius 3 is 2.67 bits per heavy atom. The van der Waals surface area contributed by atoms with Crippen molar-refractivity contribution in [1.82, 2.24) is 4.98 Å². The van der Waals surface area contributed by atoms with E-state index in [-0.39, 0.29) is 25.4 Å². The second-order valence-corrected chi connectivity index (χ2v) is 8.01. The number of pyridine rings is 1. The second-order valence-electron chi connectivity index (χ2n) is 5.99. The third kappa shape index (κ3) is 6.78. The molecule has 1 heterocycles. The zero-order valence-corrected chi connectivity index (χ0v) is 18.4. The van der Waals surface area contributed by atoms with Gasteiger partial charge in [-0.2, -0.15) is 13.2 Å². The number of hydrogen-bond acceptors (Lipinski definition) is 3. The van der Waals surface area contributed by atoms with Crippen LogP contribution in [0.2, 0.25) is 0 Å². The van der Waals surface area contributed by atoms with Crippen molar-refractivity contribution < 1.29 is 22.7 Å². The molecule has 1 aromatic heterocycles. The fraction of sp³-hybridized carbons (Fsp3) is 0.444. The van der Waals surface area contributed by atoms with Gasteiger partial charge in [0.2, 0.25) is 0 Å². The molecule has 0 aliphatic heterocycles. The van der Waals surface area contributed by atoms with Crippen LogP contribution in [-0.2, 0) is 4.74 Å². The Morgan fingerprint density at radius 2 is 2.00 bits per heavy atom. The number of unbranched alkanes of at least 4 members (excludes halogenated alkanes) is 1. The maximum Gasteiger partial charge on any atom is 0.415 e. The lowest BCUT2D eigenvalue weighted by molar-refractivity contribution is -0.135. The van der Waals surface area contributed by atoms with E-state index in [4.69, 9.17) is 4.74 Å². The predicted octanol–water partition coefficient (Wildman–Crippen LogP) is 6.69. The van der Waals surface area contributed by atoms with Gasteiger partial charge in [0.05, 0.1) is 6.61 Å². The number of carbonyl (C=O) groups is 1. The van der Waals surface area contributed by atoms with E-state index < -0.39 is 18.7 Å². The number of hydrogen-bond donors (Lipinski definition) is 0. The van der Waals surface area contributed by atoms with Crippen molar-refractivity contribution in [2.45, 2.75) is 38.8 Å². The normalized spacial score (nSPS) is 11.6. The monoisotopic (exact) mass is 558 g/mol. The number of fused-ring (bicyclic) bond motifs is 1. The van der Waals surface area contributed by atoms with Crippen LogP contribution in [-0.4, -0.2) is 30.4 Å². The van der Waals surface area contributed by atoms with E-state index in [1.54, 1.807) is 12.3 Å². The minimum atomic E-state index is -4.27. The summed E-state index contributed by atoms with van der Waals surface area (Å²) in [5, 5.41) is 1.70. The first-order valence-corrected chi connectivity index (χ1v) is 10.3. The molecule has 0 saturated heterocycles. The van der Waals surface area contributed by atoms with Gasteiger partial charge in [0.25, 0.3) is 0 Å². The van der Waals surface area contributed by atoms with Gasteiger partial charge in [-0.05, 0) is 74.9 Å². The van der Waals surface area contributed by atoms with Crippen molar-refractivity contribution in [1.29, 1.82) is 0 Å². The van der Waals surface area contributed by atoms with Crippen LogP contribution in [0.25, 0.3) is 10.8 Å². The molecule has 0 saturated carbocycles. The van der Waals surface area contributed by atoms with Gasteiger partial charge in [-0.25, -0.2) is 9.78 Å². The summed E-state index contributed by atoms with van der Waals surface area (Å²) >= 11 is 5.62. The molecule has 0 spiro atoms. The first kappa shape index (κ1) is 22.2. The molecule has 0 unspecified atom stereocenters. The lowest BCUT2D eigenvalue weighted by Crippen LogP contribution is -2.34. The lowest BCUT2D eigenvalue weighted by atomic mass is 10.2. The van der Waals surface area contributed by atoms with Crippen LogP contribution < -0.4 is 4.90 Å². The number of rotatable bonds is 7. The molecule has 1 amide bonds. The van der Waals surface area contributed by atoms with Crippen molar-refractivity contribution >= 4 is 61.2 Å². The van der Waals surface area contributed by atoms with Crippen LogP contribution in [0, 0.1) is 3.57 Å². The second kappa shape index (κ2) is 9.90. The van der Waals surface area contributed by atoms with Crippen molar-refractivity contribution in [2.24, 2.45) is 0 Å². The Balaban J connectivity index is 2.26. The van der Waals surface area contributed by atoms with Crippen LogP contribution >= 0.6 is 38.5 Å². The number of carbonyl (C=O) groups excluding carboxylic acids is 1. The number of ether oxygens (including phenoxy) is 1. The molecule has 27 heavy (non-hydrogen) atoms. The van der Waals surface area contributed by atoms with Crippen LogP contribution in [0.4, 0.5) is 23.8 Å². The molecule has 0 N–H and O–H groups in total. The summed E-state index contributed by atoms with van der Waals surface area (Å²) in [6.07, 6.45) is -2.99. The zero-order chi connectivity index (χ0) is 20.0. The molecule has 0 aliphatic carbocycles. The third-order valence-electron chi connectivity index (χ3n) is 3.81. The number of benzene rings is 1. The molecular formula is C18H19BrF3IN2O2. The van der Waals surface area contributed by atoms with Gasteiger partial charge in [-0.1, -0.05) is 13.3 Å². The number of amides is 1. The predicted molar refractivity (Wildman–Crippen MR) is 111 cm³/mol. The van der Waals surface area contributed by atoms with Crippen LogP contribution in [0.5, 0.6) is 0 Å². The van der Waals surface area contributed by atoms with Gasteiger partial charge in [0, 0.05) is 32.6 Å². The molecule has 2 rings (SSSR count). The molecule has 0 fully saturated rings. The summed E-state index contributed by atoms with van der Waals surface area (Å²) in [6, 6.07) is 5.52. The minimum absolute atomic E-state index is 0.114. The van der Waals surface area contributed by atoms with Crippen molar-refractivity contribution in [3.05, 3.63) is 32.4 Å².